The molecule has 0 aliphatic carbocycles. The molecule has 0 bridgehead atoms. The Labute approximate surface area is 158 Å². The van der Waals surface area contributed by atoms with Gasteiger partial charge in [0.2, 0.25) is 5.91 Å². The van der Waals surface area contributed by atoms with Crippen molar-refractivity contribution in [3.05, 3.63) is 67.3 Å². The van der Waals surface area contributed by atoms with Gasteiger partial charge in [-0.25, -0.2) is 9.67 Å². The molecule has 138 valence electrons. The number of anilines is 2. The molecule has 0 saturated carbocycles. The van der Waals surface area contributed by atoms with E-state index in [0.29, 0.717) is 6.54 Å². The van der Waals surface area contributed by atoms with Gasteiger partial charge in [-0.2, -0.15) is 5.10 Å². The van der Waals surface area contributed by atoms with Gasteiger partial charge in [0.15, 0.2) is 0 Å². The van der Waals surface area contributed by atoms with Crippen molar-refractivity contribution in [1.82, 2.24) is 19.7 Å². The van der Waals surface area contributed by atoms with Crippen LogP contribution in [0, 0.1) is 0 Å². The van der Waals surface area contributed by atoms with Gasteiger partial charge in [0.05, 0.1) is 12.2 Å². The molecule has 4 rings (SSSR count). The van der Waals surface area contributed by atoms with E-state index in [4.69, 9.17) is 0 Å². The fraction of sp³-hybridized carbons (Fsp3) is 0.250. The molecule has 1 aromatic heterocycles. The molecule has 1 fully saturated rings. The normalized spacial score (nSPS) is 14.9. The Morgan fingerprint density at radius 2 is 1.67 bits per heavy atom. The van der Waals surface area contributed by atoms with Crippen LogP contribution in [0.4, 0.5) is 11.4 Å². The van der Waals surface area contributed by atoms with E-state index < -0.39 is 0 Å². The molecule has 1 N–H and O–H groups in total. The van der Waals surface area contributed by atoms with Gasteiger partial charge in [-0.3, -0.25) is 9.69 Å². The standard InChI is InChI=1S/C20H22N6O/c27-20(23-17-6-8-19(9-7-17)26-16-21-15-22-26)14-24-10-12-25(13-11-24)18-4-2-1-3-5-18/h1-9,15-16H,10-14H2,(H,23,27). The Balaban J connectivity index is 1.26. The third-order valence-electron chi connectivity index (χ3n) is 4.70. The highest BCUT2D eigenvalue weighted by Gasteiger charge is 2.19. The minimum absolute atomic E-state index is 0.0108. The summed E-state index contributed by atoms with van der Waals surface area (Å²) >= 11 is 0. The number of hydrogen-bond acceptors (Lipinski definition) is 5. The maximum atomic E-state index is 12.4. The van der Waals surface area contributed by atoms with Gasteiger partial charge < -0.3 is 10.2 Å². The summed E-state index contributed by atoms with van der Waals surface area (Å²) in [6.45, 7) is 4.04. The number of nitrogens with one attached hydrogen (secondary N) is 1. The number of nitrogens with zero attached hydrogens (tertiary/aromatic N) is 5. The lowest BCUT2D eigenvalue weighted by Gasteiger charge is -2.35. The highest BCUT2D eigenvalue weighted by Crippen LogP contribution is 2.16. The number of carbonyl (C=O) groups is 1. The van der Waals surface area contributed by atoms with Crippen LogP contribution in [0.15, 0.2) is 67.3 Å². The van der Waals surface area contributed by atoms with Crippen LogP contribution in [0.1, 0.15) is 0 Å². The van der Waals surface area contributed by atoms with Gasteiger partial charge in [-0.1, -0.05) is 18.2 Å². The van der Waals surface area contributed by atoms with Crippen molar-refractivity contribution in [2.45, 2.75) is 0 Å². The summed E-state index contributed by atoms with van der Waals surface area (Å²) in [5.41, 5.74) is 2.93. The number of rotatable bonds is 5. The van der Waals surface area contributed by atoms with Crippen LogP contribution in [0.5, 0.6) is 0 Å². The third kappa shape index (κ3) is 4.32. The predicted molar refractivity (Wildman–Crippen MR) is 105 cm³/mol. The summed E-state index contributed by atoms with van der Waals surface area (Å²) in [5.74, 6) is 0.0108. The number of amides is 1. The lowest BCUT2D eigenvalue weighted by molar-refractivity contribution is -0.117. The molecule has 1 saturated heterocycles. The molecular formula is C20H22N6O. The second kappa shape index (κ2) is 8.01. The summed E-state index contributed by atoms with van der Waals surface area (Å²) < 4.78 is 1.68. The van der Waals surface area contributed by atoms with Gasteiger partial charge in [0.1, 0.15) is 12.7 Å². The van der Waals surface area contributed by atoms with E-state index in [-0.39, 0.29) is 5.91 Å². The maximum Gasteiger partial charge on any atom is 0.238 e. The molecule has 7 heteroatoms. The second-order valence-corrected chi connectivity index (χ2v) is 6.53. The Hall–Kier alpha value is -3.19. The quantitative estimate of drug-likeness (QED) is 0.752. The van der Waals surface area contributed by atoms with E-state index in [1.54, 1.807) is 11.0 Å². The fourth-order valence-corrected chi connectivity index (χ4v) is 3.25. The Bertz CT molecular complexity index is 855. The van der Waals surface area contributed by atoms with Gasteiger partial charge in [-0.05, 0) is 36.4 Å². The summed E-state index contributed by atoms with van der Waals surface area (Å²) in [5, 5.41) is 7.06. The zero-order chi connectivity index (χ0) is 18.5. The second-order valence-electron chi connectivity index (χ2n) is 6.53. The smallest absolute Gasteiger partial charge is 0.238 e. The summed E-state index contributed by atoms with van der Waals surface area (Å²) in [6.07, 6.45) is 3.13. The van der Waals surface area contributed by atoms with Crippen molar-refractivity contribution in [2.75, 3.05) is 42.9 Å². The van der Waals surface area contributed by atoms with Gasteiger partial charge in [-0.15, -0.1) is 0 Å². The number of aromatic nitrogens is 3. The van der Waals surface area contributed by atoms with Gasteiger partial charge in [0, 0.05) is 37.6 Å². The SMILES string of the molecule is O=C(CN1CCN(c2ccccc2)CC1)Nc1ccc(-n2cncn2)cc1. The van der Waals surface area contributed by atoms with Crippen molar-refractivity contribution in [1.29, 1.82) is 0 Å². The average molecular weight is 362 g/mol. The van der Waals surface area contributed by atoms with Crippen LogP contribution in [-0.4, -0.2) is 58.3 Å². The van der Waals surface area contributed by atoms with Crippen LogP contribution in [0.3, 0.4) is 0 Å². The molecule has 1 aliphatic heterocycles. The van der Waals surface area contributed by atoms with E-state index in [2.05, 4.69) is 49.5 Å². The number of piperazine rings is 1. The van der Waals surface area contributed by atoms with E-state index in [0.717, 1.165) is 37.6 Å². The summed E-state index contributed by atoms with van der Waals surface area (Å²) in [7, 11) is 0. The Morgan fingerprint density at radius 3 is 2.33 bits per heavy atom. The van der Waals surface area contributed by atoms with Crippen LogP contribution >= 0.6 is 0 Å². The molecule has 1 aliphatic rings. The molecule has 1 amide bonds. The zero-order valence-corrected chi connectivity index (χ0v) is 15.0. The maximum absolute atomic E-state index is 12.4. The van der Waals surface area contributed by atoms with E-state index in [9.17, 15) is 4.79 Å². The average Bonchev–Trinajstić information content (AvgIpc) is 3.25. The van der Waals surface area contributed by atoms with E-state index in [1.807, 2.05) is 30.3 Å². The molecule has 2 heterocycles. The molecule has 3 aromatic rings. The highest BCUT2D eigenvalue weighted by molar-refractivity contribution is 5.92. The van der Waals surface area contributed by atoms with Crippen molar-refractivity contribution in [3.63, 3.8) is 0 Å². The lowest BCUT2D eigenvalue weighted by atomic mass is 10.2. The lowest BCUT2D eigenvalue weighted by Crippen LogP contribution is -2.48. The first-order chi connectivity index (χ1) is 13.3. The van der Waals surface area contributed by atoms with Crippen LogP contribution < -0.4 is 10.2 Å². The summed E-state index contributed by atoms with van der Waals surface area (Å²) in [6, 6.07) is 18.0. The van der Waals surface area contributed by atoms with Crippen molar-refractivity contribution in [2.24, 2.45) is 0 Å². The molecule has 0 unspecified atom stereocenters. The minimum atomic E-state index is 0.0108. The monoisotopic (exact) mass is 362 g/mol. The van der Waals surface area contributed by atoms with Crippen molar-refractivity contribution in [3.8, 4) is 5.69 Å². The van der Waals surface area contributed by atoms with Crippen LogP contribution in [-0.2, 0) is 4.79 Å². The zero-order valence-electron chi connectivity index (χ0n) is 15.0. The molecule has 7 nitrogen and oxygen atoms in total. The Kier molecular flexibility index (Phi) is 5.11. The van der Waals surface area contributed by atoms with Crippen LogP contribution in [0.2, 0.25) is 0 Å². The van der Waals surface area contributed by atoms with E-state index in [1.165, 1.54) is 12.0 Å². The molecule has 0 spiro atoms. The summed E-state index contributed by atoms with van der Waals surface area (Å²) in [4.78, 5) is 20.8. The van der Waals surface area contributed by atoms with Crippen LogP contribution in [0.25, 0.3) is 5.69 Å². The van der Waals surface area contributed by atoms with E-state index >= 15 is 0 Å². The highest BCUT2D eigenvalue weighted by atomic mass is 16.2. The third-order valence-corrected chi connectivity index (χ3v) is 4.70. The Morgan fingerprint density at radius 1 is 0.926 bits per heavy atom. The molecule has 2 aromatic carbocycles. The topological polar surface area (TPSA) is 66.3 Å². The first-order valence-electron chi connectivity index (χ1n) is 9.05. The number of carbonyl (C=O) groups excluding carboxylic acids is 1. The number of benzene rings is 2. The van der Waals surface area contributed by atoms with Gasteiger partial charge in [0.25, 0.3) is 0 Å². The first-order valence-corrected chi connectivity index (χ1v) is 9.05. The molecular weight excluding hydrogens is 340 g/mol. The molecule has 27 heavy (non-hydrogen) atoms. The van der Waals surface area contributed by atoms with Crippen molar-refractivity contribution < 1.29 is 4.79 Å². The largest absolute Gasteiger partial charge is 0.369 e. The molecule has 0 atom stereocenters. The van der Waals surface area contributed by atoms with Crippen molar-refractivity contribution >= 4 is 17.3 Å². The number of para-hydroxylation sites is 1. The number of hydrogen-bond donors (Lipinski definition) is 1. The fourth-order valence-electron chi connectivity index (χ4n) is 3.25. The molecule has 0 radical (unpaired) electrons. The van der Waals surface area contributed by atoms with Gasteiger partial charge >= 0.3 is 0 Å². The first kappa shape index (κ1) is 17.2. The minimum Gasteiger partial charge on any atom is -0.369 e. The predicted octanol–water partition coefficient (Wildman–Crippen LogP) is 2.03.